The molecule has 7 heteroatoms. The predicted octanol–water partition coefficient (Wildman–Crippen LogP) is 1.67. The number of likely N-dealkylation sites (tertiary alicyclic amines) is 1. The second kappa shape index (κ2) is 6.45. The molecule has 1 aliphatic heterocycles. The molecular weight excluding hydrogens is 255 g/mol. The first-order chi connectivity index (χ1) is 8.26. The van der Waals surface area contributed by atoms with Crippen LogP contribution in [0, 0.1) is 0 Å². The quantitative estimate of drug-likeness (QED) is 0.767. The molecule has 0 aromatic heterocycles. The average molecular weight is 277 g/mol. The van der Waals surface area contributed by atoms with Gasteiger partial charge in [0.2, 0.25) is 6.29 Å². The molecule has 1 rings (SSSR count). The first-order valence-corrected chi connectivity index (χ1v) is 7.51. The molecule has 0 aromatic carbocycles. The Balaban J connectivity index is 2.27. The van der Waals surface area contributed by atoms with Crippen LogP contribution in [0.25, 0.3) is 0 Å². The highest BCUT2D eigenvalue weighted by Crippen LogP contribution is 2.19. The zero-order valence-electron chi connectivity index (χ0n) is 11.2. The third-order valence-electron chi connectivity index (χ3n) is 2.63. The fourth-order valence-electron chi connectivity index (χ4n) is 1.86. The van der Waals surface area contributed by atoms with Crippen LogP contribution in [0.2, 0.25) is 0 Å². The number of alkyl carbamates (subject to hydrolysis) is 1. The van der Waals surface area contributed by atoms with Crippen molar-refractivity contribution < 1.29 is 19.0 Å². The van der Waals surface area contributed by atoms with Gasteiger partial charge in [0.15, 0.2) is 0 Å². The Bertz CT molecular complexity index is 309. The van der Waals surface area contributed by atoms with Gasteiger partial charge in [0.25, 0.3) is 0 Å². The van der Waals surface area contributed by atoms with Gasteiger partial charge in [-0.1, -0.05) is 0 Å². The fraction of sp³-hybridized carbons (Fsp3) is 0.909. The summed E-state index contributed by atoms with van der Waals surface area (Å²) in [5, 5.41) is 2.83. The largest absolute Gasteiger partial charge is 0.521 e. The molecule has 1 unspecified atom stereocenters. The van der Waals surface area contributed by atoms with Crippen molar-refractivity contribution in [1.82, 2.24) is 10.2 Å². The molecule has 0 spiro atoms. The topological polar surface area (TPSA) is 78.9 Å². The normalized spacial score (nSPS) is 19.4. The number of amides is 1. The van der Waals surface area contributed by atoms with E-state index < -0.39 is 19.7 Å². The van der Waals surface area contributed by atoms with Gasteiger partial charge in [-0.25, -0.2) is 4.79 Å². The maximum absolute atomic E-state index is 11.6. The van der Waals surface area contributed by atoms with E-state index in [1.807, 2.05) is 25.7 Å². The zero-order valence-corrected chi connectivity index (χ0v) is 12.1. The van der Waals surface area contributed by atoms with E-state index in [-0.39, 0.29) is 12.3 Å². The number of carbonyl (C=O) groups excluding carboxylic acids is 1. The SMILES string of the molecule is CC(C)(C)OC(=O)NC1CCN(C[P+](=O)O)CC1. The summed E-state index contributed by atoms with van der Waals surface area (Å²) in [6.07, 6.45) is 1.38. The van der Waals surface area contributed by atoms with Gasteiger partial charge >= 0.3 is 14.1 Å². The van der Waals surface area contributed by atoms with Crippen molar-refractivity contribution in [2.24, 2.45) is 0 Å². The van der Waals surface area contributed by atoms with E-state index in [0.717, 1.165) is 25.9 Å². The van der Waals surface area contributed by atoms with E-state index in [9.17, 15) is 9.36 Å². The summed E-state index contributed by atoms with van der Waals surface area (Å²) in [6.45, 7) is 6.93. The Kier molecular flexibility index (Phi) is 5.50. The molecule has 1 atom stereocenters. The molecule has 104 valence electrons. The van der Waals surface area contributed by atoms with Crippen LogP contribution >= 0.6 is 8.03 Å². The van der Waals surface area contributed by atoms with Crippen LogP contribution in [0.5, 0.6) is 0 Å². The molecule has 0 aromatic rings. The number of nitrogens with zero attached hydrogens (tertiary/aromatic N) is 1. The van der Waals surface area contributed by atoms with Crippen molar-refractivity contribution in [3.05, 3.63) is 0 Å². The van der Waals surface area contributed by atoms with Gasteiger partial charge in [0, 0.05) is 19.1 Å². The van der Waals surface area contributed by atoms with Crippen molar-refractivity contribution in [1.29, 1.82) is 0 Å². The Labute approximate surface area is 109 Å². The van der Waals surface area contributed by atoms with Crippen molar-refractivity contribution >= 4 is 14.1 Å². The van der Waals surface area contributed by atoms with Crippen LogP contribution in [-0.2, 0) is 9.30 Å². The number of ether oxygens (including phenoxy) is 1. The Morgan fingerprint density at radius 2 is 2.00 bits per heavy atom. The minimum atomic E-state index is -2.11. The third-order valence-corrected chi connectivity index (χ3v) is 3.27. The second-order valence-electron chi connectivity index (χ2n) is 5.53. The lowest BCUT2D eigenvalue weighted by Crippen LogP contribution is -2.45. The number of hydrogen-bond donors (Lipinski definition) is 2. The number of nitrogens with one attached hydrogen (secondary N) is 1. The monoisotopic (exact) mass is 277 g/mol. The first-order valence-electron chi connectivity index (χ1n) is 6.12. The van der Waals surface area contributed by atoms with Gasteiger partial charge < -0.3 is 10.1 Å². The van der Waals surface area contributed by atoms with Gasteiger partial charge in [0.05, 0.1) is 0 Å². The van der Waals surface area contributed by atoms with Crippen molar-refractivity contribution in [2.45, 2.75) is 45.3 Å². The standard InChI is InChI=1S/C11H21N2O4P/c1-11(2,3)17-10(14)12-9-4-6-13(7-5-9)8-18(15)16/h9H,4-8H2,1-3H3,(H-,12,14,15,16)/p+1. The Morgan fingerprint density at radius 1 is 1.44 bits per heavy atom. The van der Waals surface area contributed by atoms with Crippen LogP contribution < -0.4 is 5.32 Å². The lowest BCUT2D eigenvalue weighted by Gasteiger charge is -2.30. The summed E-state index contributed by atoms with van der Waals surface area (Å²) in [7, 11) is -2.11. The maximum atomic E-state index is 11.6. The highest BCUT2D eigenvalue weighted by molar-refractivity contribution is 7.37. The molecule has 18 heavy (non-hydrogen) atoms. The van der Waals surface area contributed by atoms with Crippen LogP contribution in [0.15, 0.2) is 0 Å². The molecule has 2 N–H and O–H groups in total. The molecule has 1 saturated heterocycles. The highest BCUT2D eigenvalue weighted by Gasteiger charge is 2.26. The molecule has 0 saturated carbocycles. The summed E-state index contributed by atoms with van der Waals surface area (Å²) < 4.78 is 15.9. The zero-order chi connectivity index (χ0) is 13.8. The molecule has 0 bridgehead atoms. The number of rotatable bonds is 3. The van der Waals surface area contributed by atoms with E-state index in [4.69, 9.17) is 9.63 Å². The van der Waals surface area contributed by atoms with Gasteiger partial charge in [0.1, 0.15) is 5.60 Å². The first kappa shape index (κ1) is 15.3. The third kappa shape index (κ3) is 6.28. The smallest absolute Gasteiger partial charge is 0.444 e. The minimum Gasteiger partial charge on any atom is -0.444 e. The maximum Gasteiger partial charge on any atom is 0.521 e. The molecule has 1 heterocycles. The van der Waals surface area contributed by atoms with Gasteiger partial charge in [-0.05, 0) is 38.2 Å². The molecule has 1 aliphatic rings. The van der Waals surface area contributed by atoms with Gasteiger partial charge in [-0.3, -0.25) is 4.90 Å². The van der Waals surface area contributed by atoms with Crippen molar-refractivity contribution in [2.75, 3.05) is 19.4 Å². The summed E-state index contributed by atoms with van der Waals surface area (Å²) in [4.78, 5) is 22.3. The summed E-state index contributed by atoms with van der Waals surface area (Å²) >= 11 is 0. The summed E-state index contributed by atoms with van der Waals surface area (Å²) in [5.41, 5.74) is -0.486. The fourth-order valence-corrected chi connectivity index (χ4v) is 2.49. The van der Waals surface area contributed by atoms with Crippen molar-refractivity contribution in [3.63, 3.8) is 0 Å². The minimum absolute atomic E-state index is 0.0904. The lowest BCUT2D eigenvalue weighted by molar-refractivity contribution is 0.0481. The van der Waals surface area contributed by atoms with Crippen LogP contribution in [0.1, 0.15) is 33.6 Å². The molecule has 0 radical (unpaired) electrons. The van der Waals surface area contributed by atoms with E-state index in [1.54, 1.807) is 0 Å². The molecule has 1 fully saturated rings. The Hall–Kier alpha value is -0.710. The summed E-state index contributed by atoms with van der Waals surface area (Å²) in [6, 6.07) is 0.0904. The van der Waals surface area contributed by atoms with Crippen LogP contribution in [-0.4, -0.2) is 46.9 Å². The second-order valence-corrected chi connectivity index (χ2v) is 6.52. The van der Waals surface area contributed by atoms with Gasteiger partial charge in [-0.2, -0.15) is 4.89 Å². The van der Waals surface area contributed by atoms with E-state index >= 15 is 0 Å². The predicted molar refractivity (Wildman–Crippen MR) is 68.7 cm³/mol. The summed E-state index contributed by atoms with van der Waals surface area (Å²) in [5.74, 6) is 0. The van der Waals surface area contributed by atoms with Crippen molar-refractivity contribution in [3.8, 4) is 0 Å². The van der Waals surface area contributed by atoms with E-state index in [0.29, 0.717) is 0 Å². The molecule has 0 aliphatic carbocycles. The number of piperidine rings is 1. The van der Waals surface area contributed by atoms with E-state index in [1.165, 1.54) is 0 Å². The molecule has 1 amide bonds. The molecular formula is C11H22N2O4P+. The lowest BCUT2D eigenvalue weighted by atomic mass is 10.1. The number of hydrogen-bond acceptors (Lipinski definition) is 4. The average Bonchev–Trinajstić information content (AvgIpc) is 2.17. The molecule has 6 nitrogen and oxygen atoms in total. The van der Waals surface area contributed by atoms with E-state index in [2.05, 4.69) is 5.32 Å². The van der Waals surface area contributed by atoms with Crippen LogP contribution in [0.3, 0.4) is 0 Å². The Morgan fingerprint density at radius 3 is 2.44 bits per heavy atom. The number of carbonyl (C=O) groups is 1. The van der Waals surface area contributed by atoms with Crippen LogP contribution in [0.4, 0.5) is 4.79 Å². The highest BCUT2D eigenvalue weighted by atomic mass is 31.1. The van der Waals surface area contributed by atoms with Gasteiger partial charge in [-0.15, -0.1) is 0 Å².